The van der Waals surface area contributed by atoms with E-state index in [0.717, 1.165) is 0 Å². The summed E-state index contributed by atoms with van der Waals surface area (Å²) in [6.45, 7) is -2.87. The Labute approximate surface area is 261 Å². The van der Waals surface area contributed by atoms with Gasteiger partial charge in [0.1, 0.15) is 28.5 Å². The van der Waals surface area contributed by atoms with Crippen LogP contribution in [0.4, 0.5) is 19.3 Å². The van der Waals surface area contributed by atoms with Crippen LogP contribution in [-0.2, 0) is 25.5 Å². The van der Waals surface area contributed by atoms with Gasteiger partial charge >= 0.3 is 18.7 Å². The van der Waals surface area contributed by atoms with Gasteiger partial charge in [-0.2, -0.15) is 8.78 Å². The van der Waals surface area contributed by atoms with Crippen molar-refractivity contribution in [1.29, 1.82) is 0 Å². The lowest BCUT2D eigenvalue weighted by atomic mass is 10.0. The van der Waals surface area contributed by atoms with Gasteiger partial charge in [0.05, 0.1) is 25.3 Å². The number of benzene rings is 2. The fourth-order valence-corrected chi connectivity index (χ4v) is 5.61. The number of carbonyl (C=O) groups is 3. The first-order chi connectivity index (χ1) is 21.1. The van der Waals surface area contributed by atoms with Gasteiger partial charge in [-0.3, -0.25) is 14.5 Å². The molecular weight excluding hydrogens is 621 g/mol. The van der Waals surface area contributed by atoms with E-state index in [1.165, 1.54) is 30.2 Å². The predicted octanol–water partition coefficient (Wildman–Crippen LogP) is 7.00. The summed E-state index contributed by atoms with van der Waals surface area (Å²) in [4.78, 5) is 47.3. The number of hydrogen-bond acceptors (Lipinski definition) is 7. The molecule has 14 heteroatoms. The summed E-state index contributed by atoms with van der Waals surface area (Å²) in [5.74, 6) is -0.419. The van der Waals surface area contributed by atoms with Crippen LogP contribution in [0.1, 0.15) is 54.8 Å². The molecule has 44 heavy (non-hydrogen) atoms. The third kappa shape index (κ3) is 7.13. The molecule has 2 aliphatic rings. The van der Waals surface area contributed by atoms with Crippen molar-refractivity contribution in [2.45, 2.75) is 50.9 Å². The van der Waals surface area contributed by atoms with Crippen LogP contribution in [0.3, 0.4) is 0 Å². The molecule has 232 valence electrons. The van der Waals surface area contributed by atoms with Gasteiger partial charge in [-0.1, -0.05) is 47.5 Å². The maximum Gasteiger partial charge on any atom is 0.411 e. The molecule has 1 aromatic heterocycles. The van der Waals surface area contributed by atoms with Crippen molar-refractivity contribution in [1.82, 2.24) is 14.9 Å². The highest BCUT2D eigenvalue weighted by atomic mass is 35.5. The number of anilines is 1. The van der Waals surface area contributed by atoms with Gasteiger partial charge < -0.3 is 24.5 Å². The maximum absolute atomic E-state index is 13.4. The van der Waals surface area contributed by atoms with Crippen molar-refractivity contribution in [3.8, 4) is 17.0 Å². The highest BCUT2D eigenvalue weighted by Gasteiger charge is 2.36. The zero-order valence-corrected chi connectivity index (χ0v) is 25.0. The monoisotopic (exact) mass is 648 g/mol. The Morgan fingerprint density at radius 1 is 1.18 bits per heavy atom. The van der Waals surface area contributed by atoms with Gasteiger partial charge in [0.2, 0.25) is 5.91 Å². The Kier molecular flexibility index (Phi) is 9.70. The third-order valence-electron chi connectivity index (χ3n) is 7.27. The highest BCUT2D eigenvalue weighted by molar-refractivity contribution is 6.32. The molecule has 10 nitrogen and oxygen atoms in total. The number of aromatic amines is 1. The third-order valence-corrected chi connectivity index (χ3v) is 7.78. The number of H-pyrrole nitrogens is 1. The fraction of sp³-hybridized carbons (Fsp3) is 0.333. The quantitative estimate of drug-likeness (QED) is 0.218. The van der Waals surface area contributed by atoms with Crippen molar-refractivity contribution in [2.75, 3.05) is 19.0 Å². The van der Waals surface area contributed by atoms with E-state index in [0.29, 0.717) is 41.2 Å². The second-order valence-corrected chi connectivity index (χ2v) is 11.0. The number of alkyl halides is 2. The molecule has 2 amide bonds. The number of carbonyl (C=O) groups excluding carboxylic acids is 3. The van der Waals surface area contributed by atoms with E-state index in [-0.39, 0.29) is 53.2 Å². The number of ether oxygens (including phenoxy) is 3. The van der Waals surface area contributed by atoms with E-state index in [1.807, 2.05) is 12.2 Å². The minimum atomic E-state index is -3.06. The number of nitrogens with one attached hydrogen (secondary N) is 2. The molecule has 0 saturated carbocycles. The number of esters is 1. The van der Waals surface area contributed by atoms with Crippen LogP contribution < -0.4 is 10.1 Å². The van der Waals surface area contributed by atoms with E-state index in [2.05, 4.69) is 15.0 Å². The second kappa shape index (κ2) is 13.6. The fourth-order valence-electron chi connectivity index (χ4n) is 5.18. The van der Waals surface area contributed by atoms with Gasteiger partial charge in [0.15, 0.2) is 0 Å². The Balaban J connectivity index is 1.46. The highest BCUT2D eigenvalue weighted by Crippen LogP contribution is 2.40. The standard InChI is InChI=1S/C30H28Cl2F2N4O6/c1-42-25(40)14-16-7-9-18-20(13-16)35-24(39)6-4-2-3-5-21(28-36-26(18)27(32)37-28)38-12-11-23(44-30(38)41)19-15-17(31)8-10-22(19)43-29(33)34/h2-3,7-10,13,15,21,23,29H,4-6,11-12,14H2,1H3,(H,35,39)(H,36,37)/b3-2+/t21-,23+/m0/s1. The van der Waals surface area contributed by atoms with E-state index < -0.39 is 30.8 Å². The zero-order chi connectivity index (χ0) is 31.4. The zero-order valence-electron chi connectivity index (χ0n) is 23.4. The Morgan fingerprint density at radius 3 is 2.75 bits per heavy atom. The van der Waals surface area contributed by atoms with Crippen molar-refractivity contribution in [2.24, 2.45) is 0 Å². The predicted molar refractivity (Wildman–Crippen MR) is 158 cm³/mol. The van der Waals surface area contributed by atoms with Gasteiger partial charge in [-0.05, 0) is 42.7 Å². The molecule has 2 N–H and O–H groups in total. The molecule has 1 fully saturated rings. The van der Waals surface area contributed by atoms with E-state index in [1.54, 1.807) is 18.2 Å². The molecule has 2 aromatic carbocycles. The second-order valence-electron chi connectivity index (χ2n) is 10.1. The molecule has 2 aliphatic heterocycles. The first-order valence-electron chi connectivity index (χ1n) is 13.7. The van der Waals surface area contributed by atoms with Gasteiger partial charge in [-0.25, -0.2) is 9.78 Å². The first-order valence-corrected chi connectivity index (χ1v) is 14.5. The molecule has 5 rings (SSSR count). The van der Waals surface area contributed by atoms with Gasteiger partial charge in [-0.15, -0.1) is 0 Å². The average molecular weight is 649 g/mol. The van der Waals surface area contributed by atoms with Crippen LogP contribution >= 0.6 is 23.2 Å². The molecule has 2 bridgehead atoms. The first kappa shape index (κ1) is 31.3. The van der Waals surface area contributed by atoms with E-state index in [4.69, 9.17) is 37.7 Å². The van der Waals surface area contributed by atoms with Gasteiger partial charge in [0, 0.05) is 35.5 Å². The number of rotatable bonds is 6. The number of hydrogen-bond donors (Lipinski definition) is 2. The minimum absolute atomic E-state index is 0.00696. The molecule has 0 radical (unpaired) electrons. The molecule has 0 aliphatic carbocycles. The number of fused-ring (bicyclic) bond motifs is 4. The van der Waals surface area contributed by atoms with Crippen molar-refractivity contribution in [3.63, 3.8) is 0 Å². The number of halogens is 4. The topological polar surface area (TPSA) is 123 Å². The van der Waals surface area contributed by atoms with Crippen molar-refractivity contribution in [3.05, 3.63) is 75.7 Å². The Morgan fingerprint density at radius 2 is 2.00 bits per heavy atom. The lowest BCUT2D eigenvalue weighted by Crippen LogP contribution is -2.42. The van der Waals surface area contributed by atoms with E-state index >= 15 is 0 Å². The summed E-state index contributed by atoms with van der Waals surface area (Å²) < 4.78 is 41.2. The Hall–Kier alpha value is -4.16. The summed E-state index contributed by atoms with van der Waals surface area (Å²) in [5, 5.41) is 3.35. The normalized spacial score (nSPS) is 19.5. The number of aromatic nitrogens is 2. The Bertz CT molecular complexity index is 1600. The lowest BCUT2D eigenvalue weighted by Gasteiger charge is -2.36. The number of imidazole rings is 1. The number of cyclic esters (lactones) is 1. The lowest BCUT2D eigenvalue weighted by molar-refractivity contribution is -0.139. The largest absolute Gasteiger partial charge is 0.469 e. The molecule has 3 heterocycles. The van der Waals surface area contributed by atoms with Crippen LogP contribution in [0.2, 0.25) is 10.2 Å². The summed E-state index contributed by atoms with van der Waals surface area (Å²) in [5.41, 5.74) is 2.13. The SMILES string of the molecule is COC(=O)Cc1ccc2c(c1)NC(=O)CC/C=C/C[C@H](N1CC[C@H](c3cc(Cl)ccc3OC(F)F)OC1=O)c1nc-2c(Cl)[nH]1. The molecular formula is C30H28Cl2F2N4O6. The van der Waals surface area contributed by atoms with Gasteiger partial charge in [0.25, 0.3) is 0 Å². The van der Waals surface area contributed by atoms with Crippen LogP contribution in [0, 0.1) is 0 Å². The van der Waals surface area contributed by atoms with Crippen LogP contribution in [-0.4, -0.2) is 53.1 Å². The van der Waals surface area contributed by atoms with Crippen LogP contribution in [0.15, 0.2) is 48.6 Å². The average Bonchev–Trinajstić information content (AvgIpc) is 3.36. The van der Waals surface area contributed by atoms with Crippen LogP contribution in [0.25, 0.3) is 11.3 Å². The summed E-state index contributed by atoms with van der Waals surface area (Å²) >= 11 is 12.7. The van der Waals surface area contributed by atoms with Crippen LogP contribution in [0.5, 0.6) is 5.75 Å². The smallest absolute Gasteiger partial charge is 0.411 e. The molecule has 1 saturated heterocycles. The number of nitrogens with zero attached hydrogens (tertiary/aromatic N) is 2. The van der Waals surface area contributed by atoms with Crippen molar-refractivity contribution < 1.29 is 37.4 Å². The van der Waals surface area contributed by atoms with E-state index in [9.17, 15) is 23.2 Å². The maximum atomic E-state index is 13.4. The minimum Gasteiger partial charge on any atom is -0.469 e. The summed E-state index contributed by atoms with van der Waals surface area (Å²) in [6.07, 6.45) is 3.35. The number of methoxy groups -OCH3 is 1. The molecule has 0 unspecified atom stereocenters. The number of amides is 2. The molecule has 0 spiro atoms. The number of allylic oxidation sites excluding steroid dienone is 1. The summed E-state index contributed by atoms with van der Waals surface area (Å²) in [6, 6.07) is 8.63. The molecule has 2 atom stereocenters. The molecule has 3 aromatic rings. The summed E-state index contributed by atoms with van der Waals surface area (Å²) in [7, 11) is 1.30. The van der Waals surface area contributed by atoms with Crippen molar-refractivity contribution >= 4 is 46.9 Å².